The van der Waals surface area contributed by atoms with Gasteiger partial charge in [-0.25, -0.2) is 0 Å². The van der Waals surface area contributed by atoms with Crippen LogP contribution in [0.15, 0.2) is 194 Å². The number of thiophene rings is 1. The average Bonchev–Trinajstić information content (AvgIpc) is 3.91. The third kappa shape index (κ3) is 4.48. The fourth-order valence-corrected chi connectivity index (χ4v) is 10.3. The Morgan fingerprint density at radius 1 is 0.345 bits per heavy atom. The molecule has 2 nitrogen and oxygen atoms in total. The minimum Gasteiger partial charge on any atom is -0.309 e. The topological polar surface area (TPSA) is 9.86 Å². The molecular formula is C52H32N2S. The summed E-state index contributed by atoms with van der Waals surface area (Å²) in [6.45, 7) is 0. The molecule has 3 aromatic heterocycles. The summed E-state index contributed by atoms with van der Waals surface area (Å²) in [7, 11) is 0. The fourth-order valence-electron chi connectivity index (χ4n) is 9.10. The molecule has 0 spiro atoms. The van der Waals surface area contributed by atoms with Crippen LogP contribution in [-0.4, -0.2) is 9.13 Å². The maximum absolute atomic E-state index is 2.48. The SMILES string of the molecule is c1ccc(-n2c3ccccc3c3c(-c4ccc5ccccc5c4)c4c5ccccc5n(-c5ccc(-c6cccc7c6sc6ccccc67)cc5)c4cc32)cc1. The molecular weight excluding hydrogens is 685 g/mol. The average molecular weight is 717 g/mol. The second-order valence-electron chi connectivity index (χ2n) is 14.5. The van der Waals surface area contributed by atoms with Crippen molar-refractivity contribution in [3.05, 3.63) is 194 Å². The van der Waals surface area contributed by atoms with Crippen molar-refractivity contribution in [3.8, 4) is 33.6 Å². The second kappa shape index (κ2) is 11.8. The first-order chi connectivity index (χ1) is 27.3. The van der Waals surface area contributed by atoms with E-state index in [-0.39, 0.29) is 0 Å². The van der Waals surface area contributed by atoms with E-state index in [4.69, 9.17) is 0 Å². The summed E-state index contributed by atoms with van der Waals surface area (Å²) in [5, 5.41) is 10.2. The molecule has 0 aliphatic carbocycles. The Kier molecular flexibility index (Phi) is 6.54. The van der Waals surface area contributed by atoms with Gasteiger partial charge in [-0.1, -0.05) is 140 Å². The van der Waals surface area contributed by atoms with Gasteiger partial charge in [-0.05, 0) is 82.1 Å². The zero-order valence-electron chi connectivity index (χ0n) is 29.8. The molecule has 0 aliphatic rings. The van der Waals surface area contributed by atoms with Crippen molar-refractivity contribution < 1.29 is 0 Å². The molecule has 0 fully saturated rings. The number of aromatic nitrogens is 2. The van der Waals surface area contributed by atoms with Crippen molar-refractivity contribution in [1.29, 1.82) is 0 Å². The van der Waals surface area contributed by atoms with E-state index in [0.717, 1.165) is 11.4 Å². The minimum absolute atomic E-state index is 1.14. The van der Waals surface area contributed by atoms with Crippen LogP contribution in [0.5, 0.6) is 0 Å². The van der Waals surface area contributed by atoms with Crippen molar-refractivity contribution in [2.75, 3.05) is 0 Å². The number of hydrogen-bond acceptors (Lipinski definition) is 1. The van der Waals surface area contributed by atoms with Crippen LogP contribution in [0, 0.1) is 0 Å². The molecule has 0 aliphatic heterocycles. The Morgan fingerprint density at radius 3 is 1.64 bits per heavy atom. The molecule has 9 aromatic carbocycles. The van der Waals surface area contributed by atoms with E-state index in [1.54, 1.807) is 0 Å². The van der Waals surface area contributed by atoms with Crippen molar-refractivity contribution in [1.82, 2.24) is 9.13 Å². The number of fused-ring (bicyclic) bond motifs is 10. The van der Waals surface area contributed by atoms with Crippen LogP contribution in [0.1, 0.15) is 0 Å². The molecule has 3 heterocycles. The van der Waals surface area contributed by atoms with E-state index in [9.17, 15) is 0 Å². The monoisotopic (exact) mass is 716 g/mol. The van der Waals surface area contributed by atoms with Crippen molar-refractivity contribution >= 4 is 85.9 Å². The molecule has 3 heteroatoms. The molecule has 55 heavy (non-hydrogen) atoms. The van der Waals surface area contributed by atoms with Gasteiger partial charge in [0.25, 0.3) is 0 Å². The van der Waals surface area contributed by atoms with Gasteiger partial charge in [-0.15, -0.1) is 11.3 Å². The summed E-state index contributed by atoms with van der Waals surface area (Å²) >= 11 is 1.88. The Bertz CT molecular complexity index is 3470. The zero-order valence-corrected chi connectivity index (χ0v) is 30.6. The summed E-state index contributed by atoms with van der Waals surface area (Å²) in [4.78, 5) is 0. The molecule has 0 saturated carbocycles. The molecule has 256 valence electrons. The van der Waals surface area contributed by atoms with Crippen LogP contribution >= 0.6 is 11.3 Å². The highest BCUT2D eigenvalue weighted by molar-refractivity contribution is 7.26. The quantitative estimate of drug-likeness (QED) is 0.172. The Balaban J connectivity index is 1.18. The van der Waals surface area contributed by atoms with E-state index in [0.29, 0.717) is 0 Å². The highest BCUT2D eigenvalue weighted by Crippen LogP contribution is 2.48. The van der Waals surface area contributed by atoms with E-state index >= 15 is 0 Å². The first-order valence-electron chi connectivity index (χ1n) is 18.9. The lowest BCUT2D eigenvalue weighted by Gasteiger charge is -2.14. The van der Waals surface area contributed by atoms with Crippen molar-refractivity contribution in [2.45, 2.75) is 0 Å². The molecule has 12 rings (SSSR count). The zero-order chi connectivity index (χ0) is 36.0. The number of para-hydroxylation sites is 3. The molecule has 0 N–H and O–H groups in total. The van der Waals surface area contributed by atoms with Crippen molar-refractivity contribution in [2.24, 2.45) is 0 Å². The molecule has 12 aromatic rings. The number of benzene rings is 9. The van der Waals surface area contributed by atoms with Crippen molar-refractivity contribution in [3.63, 3.8) is 0 Å². The van der Waals surface area contributed by atoms with Gasteiger partial charge in [0.15, 0.2) is 0 Å². The third-order valence-electron chi connectivity index (χ3n) is 11.5. The predicted octanol–water partition coefficient (Wildman–Crippen LogP) is 14.7. The van der Waals surface area contributed by atoms with Crippen LogP contribution in [-0.2, 0) is 0 Å². The summed E-state index contributed by atoms with van der Waals surface area (Å²) in [5.41, 5.74) is 12.1. The summed E-state index contributed by atoms with van der Waals surface area (Å²) in [6.07, 6.45) is 0. The van der Waals surface area contributed by atoms with E-state index < -0.39 is 0 Å². The van der Waals surface area contributed by atoms with Crippen LogP contribution in [0.3, 0.4) is 0 Å². The van der Waals surface area contributed by atoms with Crippen LogP contribution in [0.25, 0.3) is 108 Å². The Morgan fingerprint density at radius 2 is 0.909 bits per heavy atom. The normalized spacial score (nSPS) is 12.0. The summed E-state index contributed by atoms with van der Waals surface area (Å²) < 4.78 is 7.59. The molecule has 0 unspecified atom stereocenters. The minimum atomic E-state index is 1.14. The Hall–Kier alpha value is -6.94. The van der Waals surface area contributed by atoms with Gasteiger partial charge >= 0.3 is 0 Å². The Labute approximate surface area is 321 Å². The van der Waals surface area contributed by atoms with Gasteiger partial charge in [0.1, 0.15) is 0 Å². The van der Waals surface area contributed by atoms with E-state index in [1.165, 1.54) is 96.8 Å². The lowest BCUT2D eigenvalue weighted by Crippen LogP contribution is -1.96. The van der Waals surface area contributed by atoms with E-state index in [2.05, 4.69) is 203 Å². The first kappa shape index (κ1) is 30.5. The largest absolute Gasteiger partial charge is 0.309 e. The maximum atomic E-state index is 2.48. The highest BCUT2D eigenvalue weighted by atomic mass is 32.1. The number of nitrogens with zero attached hydrogens (tertiary/aromatic N) is 2. The molecule has 0 saturated heterocycles. The summed E-state index contributed by atoms with van der Waals surface area (Å²) in [6, 6.07) is 71.4. The van der Waals surface area contributed by atoms with Crippen LogP contribution < -0.4 is 0 Å². The highest BCUT2D eigenvalue weighted by Gasteiger charge is 2.24. The fraction of sp³-hybridized carbons (Fsp3) is 0. The molecule has 0 atom stereocenters. The maximum Gasteiger partial charge on any atom is 0.0568 e. The second-order valence-corrected chi connectivity index (χ2v) is 15.5. The van der Waals surface area contributed by atoms with Gasteiger partial charge in [0.05, 0.1) is 22.1 Å². The summed E-state index contributed by atoms with van der Waals surface area (Å²) in [5.74, 6) is 0. The third-order valence-corrected chi connectivity index (χ3v) is 12.7. The van der Waals surface area contributed by atoms with Crippen LogP contribution in [0.4, 0.5) is 0 Å². The standard InChI is InChI=1S/C52H32N2S/c1-2-15-37(16-3-1)53-44-22-9-6-18-42(44)50-46(53)32-47-51(49(50)36-26-25-33-13-4-5-14-35(33)31-36)43-19-7-10-23-45(43)54(47)38-29-27-34(28-30-38)39-20-12-21-41-40-17-8-11-24-48(40)55-52(39)41/h1-32H. The smallest absolute Gasteiger partial charge is 0.0568 e. The van der Waals surface area contributed by atoms with Gasteiger partial charge in [0.2, 0.25) is 0 Å². The first-order valence-corrected chi connectivity index (χ1v) is 19.7. The number of rotatable bonds is 4. The lowest BCUT2D eigenvalue weighted by atomic mass is 9.93. The van der Waals surface area contributed by atoms with E-state index in [1.807, 2.05) is 11.3 Å². The molecule has 0 amide bonds. The van der Waals surface area contributed by atoms with Gasteiger partial charge in [-0.3, -0.25) is 0 Å². The van der Waals surface area contributed by atoms with Gasteiger partial charge < -0.3 is 9.13 Å². The lowest BCUT2D eigenvalue weighted by molar-refractivity contribution is 1.16. The molecule has 0 radical (unpaired) electrons. The van der Waals surface area contributed by atoms with Gasteiger partial charge in [-0.2, -0.15) is 0 Å². The van der Waals surface area contributed by atoms with Crippen LogP contribution in [0.2, 0.25) is 0 Å². The predicted molar refractivity (Wildman–Crippen MR) is 236 cm³/mol. The molecule has 0 bridgehead atoms. The number of hydrogen-bond donors (Lipinski definition) is 0. The van der Waals surface area contributed by atoms with Gasteiger partial charge in [0, 0.05) is 58.7 Å².